The molecule has 0 atom stereocenters. The molecule has 252 valence electrons. The van der Waals surface area contributed by atoms with Crippen LogP contribution in [0.2, 0.25) is 0 Å². The van der Waals surface area contributed by atoms with Crippen LogP contribution >= 0.6 is 0 Å². The second-order valence-electron chi connectivity index (χ2n) is 15.5. The van der Waals surface area contributed by atoms with Crippen molar-refractivity contribution in [1.82, 2.24) is 0 Å². The molecule has 0 fully saturated rings. The Morgan fingerprint density at radius 2 is 0.855 bits per heavy atom. The Kier molecular flexibility index (Phi) is 5.65. The van der Waals surface area contributed by atoms with Gasteiger partial charge in [-0.25, -0.2) is 0 Å². The fourth-order valence-corrected chi connectivity index (χ4v) is 10.8. The van der Waals surface area contributed by atoms with Gasteiger partial charge in [-0.05, 0) is 139 Å². The van der Waals surface area contributed by atoms with Crippen LogP contribution in [0.3, 0.4) is 0 Å². The summed E-state index contributed by atoms with van der Waals surface area (Å²) >= 11 is 0. The van der Waals surface area contributed by atoms with Crippen molar-refractivity contribution in [1.29, 1.82) is 0 Å². The van der Waals surface area contributed by atoms with Gasteiger partial charge in [0.15, 0.2) is 0 Å². The van der Waals surface area contributed by atoms with Crippen molar-refractivity contribution in [2.75, 3.05) is 0 Å². The summed E-state index contributed by atoms with van der Waals surface area (Å²) in [4.78, 5) is 0. The van der Waals surface area contributed by atoms with E-state index in [0.717, 1.165) is 0 Å². The molecule has 11 aromatic carbocycles. The molecule has 11 aromatic rings. The summed E-state index contributed by atoms with van der Waals surface area (Å²) in [6, 6.07) is 73.4. The monoisotopic (exact) mass is 692 g/mol. The van der Waals surface area contributed by atoms with Crippen molar-refractivity contribution in [2.45, 2.75) is 5.41 Å². The van der Waals surface area contributed by atoms with Crippen LogP contribution in [0.4, 0.5) is 0 Å². The third-order valence-corrected chi connectivity index (χ3v) is 13.0. The lowest BCUT2D eigenvalue weighted by Crippen LogP contribution is -2.26. The summed E-state index contributed by atoms with van der Waals surface area (Å²) in [5.41, 5.74) is 15.5. The molecule has 2 aliphatic carbocycles. The van der Waals surface area contributed by atoms with Gasteiger partial charge >= 0.3 is 0 Å². The number of hydrogen-bond donors (Lipinski definition) is 0. The van der Waals surface area contributed by atoms with Gasteiger partial charge < -0.3 is 0 Å². The predicted octanol–water partition coefficient (Wildman–Crippen LogP) is 14.6. The fourth-order valence-electron chi connectivity index (χ4n) is 10.8. The maximum atomic E-state index is 2.54. The van der Waals surface area contributed by atoms with E-state index in [9.17, 15) is 0 Å². The standard InChI is InChI=1S/C55H32/c1-2-14-35-30-36(27-26-33(35)12-1)47-31-38-16-10-22-45-51(38)52-43(47)21-11-23-46(52)54-53(45)44-29-28-37(40-20-9-15-34-13-3-4-17-39(34)40)32-50(44)55(54)48-24-7-5-18-41(48)42-19-6-8-25-49(42)55/h1-32H. The van der Waals surface area contributed by atoms with Crippen LogP contribution in [0.1, 0.15) is 22.3 Å². The Morgan fingerprint density at radius 3 is 1.71 bits per heavy atom. The maximum absolute atomic E-state index is 2.54. The molecule has 55 heavy (non-hydrogen) atoms. The normalized spacial score (nSPS) is 13.6. The predicted molar refractivity (Wildman–Crippen MR) is 232 cm³/mol. The molecule has 0 bridgehead atoms. The Labute approximate surface area is 318 Å². The SMILES string of the molecule is c1ccc2c(c1)-c1ccccc1C21c2cc(-c3cccc4ccccc34)ccc2-c2c1c1cccc3c(-c4ccc5ccccc5c4)cc4cccc2c4c31. The van der Waals surface area contributed by atoms with Gasteiger partial charge in [0.05, 0.1) is 5.41 Å². The van der Waals surface area contributed by atoms with E-state index in [2.05, 4.69) is 194 Å². The van der Waals surface area contributed by atoms with Gasteiger partial charge in [0, 0.05) is 0 Å². The van der Waals surface area contributed by atoms with Crippen molar-refractivity contribution in [3.05, 3.63) is 216 Å². The Hall–Kier alpha value is -7.02. The van der Waals surface area contributed by atoms with E-state index >= 15 is 0 Å². The van der Waals surface area contributed by atoms with Gasteiger partial charge in [0.25, 0.3) is 0 Å². The largest absolute Gasteiger partial charge is 0.0731 e. The highest BCUT2D eigenvalue weighted by Crippen LogP contribution is 2.66. The zero-order chi connectivity index (χ0) is 35.8. The number of hydrogen-bond acceptors (Lipinski definition) is 0. The Balaban J connectivity index is 1.21. The van der Waals surface area contributed by atoms with E-state index in [0.29, 0.717) is 0 Å². The van der Waals surface area contributed by atoms with Gasteiger partial charge in [-0.15, -0.1) is 0 Å². The molecule has 0 saturated heterocycles. The highest BCUT2D eigenvalue weighted by molar-refractivity contribution is 6.31. The second kappa shape index (κ2) is 10.6. The number of rotatable bonds is 2. The second-order valence-corrected chi connectivity index (χ2v) is 15.5. The highest BCUT2D eigenvalue weighted by Gasteiger charge is 2.53. The van der Waals surface area contributed by atoms with Crippen molar-refractivity contribution in [3.63, 3.8) is 0 Å². The van der Waals surface area contributed by atoms with E-state index in [1.54, 1.807) is 0 Å². The molecule has 13 rings (SSSR count). The summed E-state index contributed by atoms with van der Waals surface area (Å²) in [5, 5.41) is 13.1. The van der Waals surface area contributed by atoms with Gasteiger partial charge in [0.2, 0.25) is 0 Å². The first-order valence-electron chi connectivity index (χ1n) is 19.3. The third kappa shape index (κ3) is 3.67. The quantitative estimate of drug-likeness (QED) is 0.158. The molecule has 0 N–H and O–H groups in total. The van der Waals surface area contributed by atoms with E-state index in [1.807, 2.05) is 0 Å². The molecular weight excluding hydrogens is 661 g/mol. The number of fused-ring (bicyclic) bond motifs is 14. The minimum Gasteiger partial charge on any atom is -0.0619 e. The van der Waals surface area contributed by atoms with E-state index in [-0.39, 0.29) is 0 Å². The molecule has 0 heterocycles. The molecule has 0 aromatic heterocycles. The summed E-state index contributed by atoms with van der Waals surface area (Å²) in [6.45, 7) is 0. The van der Waals surface area contributed by atoms with Crippen LogP contribution in [0.5, 0.6) is 0 Å². The van der Waals surface area contributed by atoms with Crippen molar-refractivity contribution in [3.8, 4) is 44.5 Å². The molecule has 0 saturated carbocycles. The molecule has 0 unspecified atom stereocenters. The van der Waals surface area contributed by atoms with Crippen molar-refractivity contribution in [2.24, 2.45) is 0 Å². The molecule has 0 aliphatic heterocycles. The summed E-state index contributed by atoms with van der Waals surface area (Å²) in [5.74, 6) is 0. The molecule has 2 aliphatic rings. The minimum atomic E-state index is -0.495. The van der Waals surface area contributed by atoms with Crippen molar-refractivity contribution < 1.29 is 0 Å². The van der Waals surface area contributed by atoms with Gasteiger partial charge in [-0.1, -0.05) is 176 Å². The lowest BCUT2D eigenvalue weighted by molar-refractivity contribution is 0.802. The summed E-state index contributed by atoms with van der Waals surface area (Å²) < 4.78 is 0. The maximum Gasteiger partial charge on any atom is 0.0731 e. The molecule has 0 amide bonds. The van der Waals surface area contributed by atoms with Crippen LogP contribution in [0, 0.1) is 0 Å². The molecule has 0 radical (unpaired) electrons. The van der Waals surface area contributed by atoms with Crippen LogP contribution < -0.4 is 0 Å². The van der Waals surface area contributed by atoms with Gasteiger partial charge in [-0.2, -0.15) is 0 Å². The average Bonchev–Trinajstić information content (AvgIpc) is 3.73. The molecular formula is C55H32. The minimum absolute atomic E-state index is 0.495. The first-order chi connectivity index (χ1) is 27.3. The average molecular weight is 693 g/mol. The van der Waals surface area contributed by atoms with E-state index < -0.39 is 5.41 Å². The van der Waals surface area contributed by atoms with Crippen LogP contribution in [-0.4, -0.2) is 0 Å². The third-order valence-electron chi connectivity index (χ3n) is 13.0. The highest BCUT2D eigenvalue weighted by atomic mass is 14.5. The first-order valence-corrected chi connectivity index (χ1v) is 19.3. The van der Waals surface area contributed by atoms with E-state index in [4.69, 9.17) is 0 Å². The molecule has 0 nitrogen and oxygen atoms in total. The van der Waals surface area contributed by atoms with Crippen LogP contribution in [0.15, 0.2) is 194 Å². The topological polar surface area (TPSA) is 0 Å². The van der Waals surface area contributed by atoms with Gasteiger partial charge in [-0.3, -0.25) is 0 Å². The Bertz CT molecular complexity index is 3380. The smallest absolute Gasteiger partial charge is 0.0619 e. The number of benzene rings is 11. The van der Waals surface area contributed by atoms with Crippen molar-refractivity contribution >= 4 is 53.9 Å². The zero-order valence-corrected chi connectivity index (χ0v) is 30.0. The Morgan fingerprint density at radius 1 is 0.273 bits per heavy atom. The lowest BCUT2D eigenvalue weighted by atomic mass is 9.68. The molecule has 1 spiro atoms. The zero-order valence-electron chi connectivity index (χ0n) is 30.0. The fraction of sp³-hybridized carbons (Fsp3) is 0.0182. The first kappa shape index (κ1) is 29.4. The summed E-state index contributed by atoms with van der Waals surface area (Å²) in [7, 11) is 0. The van der Waals surface area contributed by atoms with Gasteiger partial charge in [0.1, 0.15) is 0 Å². The molecule has 0 heteroatoms. The van der Waals surface area contributed by atoms with Crippen LogP contribution in [0.25, 0.3) is 98.4 Å². The summed E-state index contributed by atoms with van der Waals surface area (Å²) in [6.07, 6.45) is 0. The van der Waals surface area contributed by atoms with E-state index in [1.165, 1.54) is 121 Å². The lowest BCUT2D eigenvalue weighted by Gasteiger charge is -2.32. The van der Waals surface area contributed by atoms with Crippen LogP contribution in [-0.2, 0) is 5.41 Å².